The summed E-state index contributed by atoms with van der Waals surface area (Å²) in [6.07, 6.45) is 3.35. The third kappa shape index (κ3) is 5.94. The highest BCUT2D eigenvalue weighted by atomic mass is 35.5. The van der Waals surface area contributed by atoms with Crippen LogP contribution in [0.15, 0.2) is 48.5 Å². The van der Waals surface area contributed by atoms with Gasteiger partial charge in [0, 0.05) is 28.5 Å². The number of ether oxygens (including phenoxy) is 1. The molecule has 2 aliphatic rings. The second-order valence-corrected chi connectivity index (χ2v) is 10.3. The predicted octanol–water partition coefficient (Wildman–Crippen LogP) is 6.35. The van der Waals surface area contributed by atoms with E-state index >= 15 is 0 Å². The van der Waals surface area contributed by atoms with Crippen molar-refractivity contribution < 1.29 is 19.4 Å². The maximum absolute atomic E-state index is 13.8. The minimum atomic E-state index is -0.967. The Morgan fingerprint density at radius 2 is 1.85 bits per heavy atom. The van der Waals surface area contributed by atoms with Crippen LogP contribution in [0.25, 0.3) is 0 Å². The summed E-state index contributed by atoms with van der Waals surface area (Å²) in [7, 11) is 0. The zero-order valence-corrected chi connectivity index (χ0v) is 20.8. The van der Waals surface area contributed by atoms with Crippen molar-refractivity contribution in [2.24, 2.45) is 11.8 Å². The molecule has 1 amide bonds. The van der Waals surface area contributed by atoms with Crippen LogP contribution < -0.4 is 0 Å². The van der Waals surface area contributed by atoms with E-state index in [1.807, 2.05) is 60.4 Å². The first-order valence-electron chi connectivity index (χ1n) is 12.0. The summed E-state index contributed by atoms with van der Waals surface area (Å²) in [5, 5.41) is 10.8. The summed E-state index contributed by atoms with van der Waals surface area (Å²) < 4.78 is 6.04. The molecule has 34 heavy (non-hydrogen) atoms. The minimum Gasteiger partial charge on any atom is -0.481 e. The lowest BCUT2D eigenvalue weighted by molar-refractivity contribution is -0.154. The van der Waals surface area contributed by atoms with E-state index in [1.165, 1.54) is 12.8 Å². The average molecular weight is 504 g/mol. The Kier molecular flexibility index (Phi) is 8.18. The molecule has 1 N–H and O–H groups in total. The molecule has 2 fully saturated rings. The van der Waals surface area contributed by atoms with Gasteiger partial charge in [-0.25, -0.2) is 0 Å². The highest BCUT2D eigenvalue weighted by molar-refractivity contribution is 6.30. The maximum Gasteiger partial charge on any atom is 0.304 e. The van der Waals surface area contributed by atoms with Crippen LogP contribution in [0.5, 0.6) is 0 Å². The molecule has 1 heterocycles. The quantitative estimate of drug-likeness (QED) is 0.410. The van der Waals surface area contributed by atoms with Crippen LogP contribution >= 0.6 is 23.2 Å². The van der Waals surface area contributed by atoms with E-state index < -0.39 is 11.9 Å². The number of carboxylic acid groups (broad SMARTS) is 1. The van der Waals surface area contributed by atoms with Crippen molar-refractivity contribution in [3.05, 3.63) is 69.7 Å². The van der Waals surface area contributed by atoms with Crippen LogP contribution in [0.3, 0.4) is 0 Å². The van der Waals surface area contributed by atoms with Crippen LogP contribution in [0.2, 0.25) is 10.0 Å². The average Bonchev–Trinajstić information content (AvgIpc) is 3.63. The van der Waals surface area contributed by atoms with Crippen LogP contribution in [-0.4, -0.2) is 41.1 Å². The van der Waals surface area contributed by atoms with Gasteiger partial charge >= 0.3 is 5.97 Å². The summed E-state index contributed by atoms with van der Waals surface area (Å²) in [4.78, 5) is 27.4. The van der Waals surface area contributed by atoms with Gasteiger partial charge in [-0.2, -0.15) is 0 Å². The maximum atomic E-state index is 13.8. The number of amides is 1. The highest BCUT2D eigenvalue weighted by Gasteiger charge is 2.46. The highest BCUT2D eigenvalue weighted by Crippen LogP contribution is 2.47. The number of hydrogen-bond donors (Lipinski definition) is 1. The molecule has 2 aromatic carbocycles. The molecule has 0 unspecified atom stereocenters. The molecule has 2 aromatic rings. The molecule has 5 nitrogen and oxygen atoms in total. The second kappa shape index (κ2) is 11.1. The first kappa shape index (κ1) is 25.0. The zero-order valence-electron chi connectivity index (χ0n) is 19.3. The molecule has 1 aliphatic carbocycles. The SMILES string of the molecule is CC[C@@H](COCC1CC1)N1C(=O)[C@H](CC(=O)O)C[C@H](c2cccc(Cl)c2)[C@H]1c1ccc(Cl)cc1. The Hall–Kier alpha value is -2.08. The number of aliphatic carboxylic acids is 1. The molecule has 182 valence electrons. The van der Waals surface area contributed by atoms with Crippen molar-refractivity contribution in [3.8, 4) is 0 Å². The molecule has 0 radical (unpaired) electrons. The van der Waals surface area contributed by atoms with Crippen molar-refractivity contribution >= 4 is 35.1 Å². The summed E-state index contributed by atoms with van der Waals surface area (Å²) in [5.41, 5.74) is 1.96. The third-order valence-electron chi connectivity index (χ3n) is 6.96. The summed E-state index contributed by atoms with van der Waals surface area (Å²) in [5.74, 6) is -1.18. The Morgan fingerprint density at radius 1 is 1.12 bits per heavy atom. The van der Waals surface area contributed by atoms with Gasteiger partial charge in [0.25, 0.3) is 0 Å². The fourth-order valence-corrected chi connectivity index (χ4v) is 5.35. The minimum absolute atomic E-state index is 0.112. The van der Waals surface area contributed by atoms with Gasteiger partial charge in [0.1, 0.15) is 0 Å². The van der Waals surface area contributed by atoms with E-state index in [0.717, 1.165) is 11.1 Å². The molecule has 1 aliphatic heterocycles. The molecule has 0 aromatic heterocycles. The molecule has 4 atom stereocenters. The molecule has 0 bridgehead atoms. The molecule has 7 heteroatoms. The smallest absolute Gasteiger partial charge is 0.304 e. The molecule has 1 saturated heterocycles. The first-order valence-corrected chi connectivity index (χ1v) is 12.8. The Labute approximate surface area is 211 Å². The van der Waals surface area contributed by atoms with E-state index in [9.17, 15) is 14.7 Å². The Morgan fingerprint density at radius 3 is 2.47 bits per heavy atom. The number of likely N-dealkylation sites (tertiary alicyclic amines) is 1. The van der Waals surface area contributed by atoms with Crippen molar-refractivity contribution in [2.45, 2.75) is 57.0 Å². The third-order valence-corrected chi connectivity index (χ3v) is 7.44. The normalized spacial score (nSPS) is 23.7. The molecule has 4 rings (SSSR count). The number of benzene rings is 2. The number of rotatable bonds is 10. The summed E-state index contributed by atoms with van der Waals surface area (Å²) in [6.45, 7) is 3.19. The van der Waals surface area contributed by atoms with Crippen LogP contribution in [-0.2, 0) is 14.3 Å². The molecule has 1 saturated carbocycles. The second-order valence-electron chi connectivity index (χ2n) is 9.48. The lowest BCUT2D eigenvalue weighted by Gasteiger charge is -2.48. The zero-order chi connectivity index (χ0) is 24.2. The fourth-order valence-electron chi connectivity index (χ4n) is 5.03. The van der Waals surface area contributed by atoms with Crippen LogP contribution in [0, 0.1) is 11.8 Å². The Bertz CT molecular complexity index is 1010. The molecule has 0 spiro atoms. The van der Waals surface area contributed by atoms with Gasteiger partial charge in [-0.05, 0) is 67.0 Å². The summed E-state index contributed by atoms with van der Waals surface area (Å²) >= 11 is 12.5. The topological polar surface area (TPSA) is 66.8 Å². The van der Waals surface area contributed by atoms with E-state index in [-0.39, 0.29) is 30.3 Å². The van der Waals surface area contributed by atoms with Crippen molar-refractivity contribution in [3.63, 3.8) is 0 Å². The lowest BCUT2D eigenvalue weighted by atomic mass is 9.74. The van der Waals surface area contributed by atoms with Gasteiger partial charge in [-0.3, -0.25) is 9.59 Å². The van der Waals surface area contributed by atoms with Crippen molar-refractivity contribution in [1.29, 1.82) is 0 Å². The number of carbonyl (C=O) groups is 2. The first-order chi connectivity index (χ1) is 16.4. The molecular weight excluding hydrogens is 473 g/mol. The van der Waals surface area contributed by atoms with Crippen molar-refractivity contribution in [2.75, 3.05) is 13.2 Å². The number of piperidine rings is 1. The predicted molar refractivity (Wildman–Crippen MR) is 133 cm³/mol. The van der Waals surface area contributed by atoms with E-state index in [0.29, 0.717) is 42.0 Å². The van der Waals surface area contributed by atoms with E-state index in [2.05, 4.69) is 0 Å². The number of hydrogen-bond acceptors (Lipinski definition) is 3. The fraction of sp³-hybridized carbons (Fsp3) is 0.481. The van der Waals surface area contributed by atoms with Gasteiger partial charge in [-0.15, -0.1) is 0 Å². The van der Waals surface area contributed by atoms with Gasteiger partial charge in [-0.1, -0.05) is 54.4 Å². The largest absolute Gasteiger partial charge is 0.481 e. The lowest BCUT2D eigenvalue weighted by Crippen LogP contribution is -2.53. The van der Waals surface area contributed by atoms with Gasteiger partial charge in [0.05, 0.1) is 25.1 Å². The van der Waals surface area contributed by atoms with Crippen LogP contribution in [0.1, 0.15) is 62.1 Å². The van der Waals surface area contributed by atoms with Gasteiger partial charge < -0.3 is 14.7 Å². The number of carbonyl (C=O) groups excluding carboxylic acids is 1. The van der Waals surface area contributed by atoms with Crippen molar-refractivity contribution in [1.82, 2.24) is 4.90 Å². The van der Waals surface area contributed by atoms with Crippen LogP contribution in [0.4, 0.5) is 0 Å². The van der Waals surface area contributed by atoms with Gasteiger partial charge in [0.15, 0.2) is 0 Å². The molecular formula is C27H31Cl2NO4. The number of halogens is 2. The Balaban J connectivity index is 1.76. The monoisotopic (exact) mass is 503 g/mol. The summed E-state index contributed by atoms with van der Waals surface area (Å²) in [6, 6.07) is 14.8. The van der Waals surface area contributed by atoms with E-state index in [1.54, 1.807) is 0 Å². The number of nitrogens with zero attached hydrogens (tertiary/aromatic N) is 1. The van der Waals surface area contributed by atoms with E-state index in [4.69, 9.17) is 27.9 Å². The number of carboxylic acids is 1. The van der Waals surface area contributed by atoms with Gasteiger partial charge in [0.2, 0.25) is 5.91 Å². The standard InChI is InChI=1S/C27H31Cl2NO4/c1-2-23(16-34-15-17-6-7-17)30-26(18-8-10-21(28)11-9-18)24(19-4-3-5-22(29)12-19)13-20(27(30)33)14-25(31)32/h3-5,8-12,17,20,23-24,26H,2,6-7,13-16H2,1H3,(H,31,32)/t20-,23-,24+,26+/m0/s1.